The number of fused-ring (bicyclic) bond motifs is 1. The number of H-pyrrole nitrogens is 1. The van der Waals surface area contributed by atoms with Crippen LogP contribution in [0.25, 0.3) is 0 Å². The highest BCUT2D eigenvalue weighted by Gasteiger charge is 2.47. The van der Waals surface area contributed by atoms with Crippen LogP contribution < -0.4 is 20.3 Å². The molecule has 2 N–H and O–H groups in total. The fourth-order valence-corrected chi connectivity index (χ4v) is 5.17. The lowest BCUT2D eigenvalue weighted by molar-refractivity contribution is -0.124. The molecule has 0 aliphatic carbocycles. The van der Waals surface area contributed by atoms with E-state index in [1.54, 1.807) is 0 Å². The van der Waals surface area contributed by atoms with E-state index in [9.17, 15) is 9.59 Å². The van der Waals surface area contributed by atoms with E-state index < -0.39 is 11.7 Å². The summed E-state index contributed by atoms with van der Waals surface area (Å²) in [6.45, 7) is 10.7. The molecule has 1 fully saturated rings. The average Bonchev–Trinajstić information content (AvgIpc) is 3.15. The molecule has 1 aromatic heterocycles. The smallest absolute Gasteiger partial charge is 0.253 e. The Balaban J connectivity index is 1.53. The third kappa shape index (κ3) is 4.59. The molecule has 0 radical (unpaired) electrons. The predicted molar refractivity (Wildman–Crippen MR) is 129 cm³/mol. The molecule has 1 aromatic carbocycles. The van der Waals surface area contributed by atoms with Gasteiger partial charge in [-0.3, -0.25) is 9.59 Å². The number of ether oxygens (including phenoxy) is 2. The number of carbonyl (C=O) groups excluding carboxylic acids is 1. The van der Waals surface area contributed by atoms with Gasteiger partial charge in [0.2, 0.25) is 0 Å². The maximum absolute atomic E-state index is 12.9. The summed E-state index contributed by atoms with van der Waals surface area (Å²) in [6.07, 6.45) is 1.87. The number of benzene rings is 1. The Morgan fingerprint density at radius 1 is 1.21 bits per heavy atom. The van der Waals surface area contributed by atoms with Crippen molar-refractivity contribution >= 4 is 29.1 Å². The topological polar surface area (TPSA) is 83.7 Å². The Kier molecular flexibility index (Phi) is 6.67. The molecule has 2 aliphatic rings. The summed E-state index contributed by atoms with van der Waals surface area (Å²) in [6, 6.07) is 3.35. The maximum atomic E-state index is 12.9. The lowest BCUT2D eigenvalue weighted by atomic mass is 9.89. The molecule has 1 unspecified atom stereocenters. The summed E-state index contributed by atoms with van der Waals surface area (Å²) in [5.41, 5.74) is 2.00. The van der Waals surface area contributed by atoms with Gasteiger partial charge in [-0.05, 0) is 64.0 Å². The molecular formula is C24H29Cl2N3O4. The van der Waals surface area contributed by atoms with Gasteiger partial charge in [-0.1, -0.05) is 30.1 Å². The zero-order valence-electron chi connectivity index (χ0n) is 19.3. The lowest BCUT2D eigenvalue weighted by Gasteiger charge is -2.38. The van der Waals surface area contributed by atoms with Crippen LogP contribution in [0.4, 0.5) is 0 Å². The highest BCUT2D eigenvalue weighted by atomic mass is 35.5. The van der Waals surface area contributed by atoms with Gasteiger partial charge in [0.05, 0.1) is 15.6 Å². The van der Waals surface area contributed by atoms with Crippen molar-refractivity contribution in [1.82, 2.24) is 15.2 Å². The first kappa shape index (κ1) is 23.9. The van der Waals surface area contributed by atoms with Crippen LogP contribution in [-0.2, 0) is 6.54 Å². The monoisotopic (exact) mass is 493 g/mol. The number of rotatable bonds is 5. The molecule has 7 nitrogen and oxygen atoms in total. The minimum atomic E-state index is -0.892. The number of pyridine rings is 1. The maximum Gasteiger partial charge on any atom is 0.253 e. The number of amides is 1. The van der Waals surface area contributed by atoms with Crippen molar-refractivity contribution in [2.45, 2.75) is 52.9 Å². The van der Waals surface area contributed by atoms with Crippen LogP contribution in [0.2, 0.25) is 10.0 Å². The molecule has 2 aliphatic heterocycles. The number of nitrogens with one attached hydrogen (secondary N) is 2. The fourth-order valence-electron chi connectivity index (χ4n) is 4.67. The molecule has 0 bridgehead atoms. The number of carbonyl (C=O) groups is 1. The molecular weight excluding hydrogens is 465 g/mol. The summed E-state index contributed by atoms with van der Waals surface area (Å²) >= 11 is 13.1. The van der Waals surface area contributed by atoms with E-state index >= 15 is 0 Å². The predicted octanol–water partition coefficient (Wildman–Crippen LogP) is 4.45. The van der Waals surface area contributed by atoms with E-state index in [2.05, 4.69) is 22.1 Å². The van der Waals surface area contributed by atoms with Gasteiger partial charge in [-0.25, -0.2) is 0 Å². The van der Waals surface area contributed by atoms with Gasteiger partial charge >= 0.3 is 0 Å². The van der Waals surface area contributed by atoms with Crippen molar-refractivity contribution in [2.24, 2.45) is 5.92 Å². The van der Waals surface area contributed by atoms with Crippen LogP contribution in [0, 0.1) is 19.8 Å². The second-order valence-corrected chi connectivity index (χ2v) is 9.72. The minimum Gasteiger partial charge on any atom is -0.447 e. The molecule has 3 heterocycles. The van der Waals surface area contributed by atoms with Gasteiger partial charge in [0.1, 0.15) is 0 Å². The highest BCUT2D eigenvalue weighted by molar-refractivity contribution is 6.38. The number of hydrogen-bond acceptors (Lipinski definition) is 5. The van der Waals surface area contributed by atoms with E-state index in [0.29, 0.717) is 17.1 Å². The second kappa shape index (κ2) is 9.20. The van der Waals surface area contributed by atoms with Gasteiger partial charge in [-0.2, -0.15) is 0 Å². The number of aromatic nitrogens is 1. The van der Waals surface area contributed by atoms with Gasteiger partial charge in [0.15, 0.2) is 11.5 Å². The fraction of sp³-hybridized carbons (Fsp3) is 0.500. The number of piperidine rings is 1. The van der Waals surface area contributed by atoms with Gasteiger partial charge in [-0.15, -0.1) is 0 Å². The SMILES string of the molecule is CCN1CCC(C2(C)Oc3c(Cl)cc(C(=O)NCc4c(C)cc(C)[nH]c4=O)c(Cl)c3O2)CC1. The Bertz CT molecular complexity index is 1140. The summed E-state index contributed by atoms with van der Waals surface area (Å²) < 4.78 is 12.4. The number of likely N-dealkylation sites (tertiary alicyclic amines) is 1. The van der Waals surface area contributed by atoms with Gasteiger partial charge in [0.25, 0.3) is 17.3 Å². The van der Waals surface area contributed by atoms with Crippen LogP contribution in [0.3, 0.4) is 0 Å². The van der Waals surface area contributed by atoms with E-state index in [-0.39, 0.29) is 33.6 Å². The number of nitrogens with zero attached hydrogens (tertiary/aromatic N) is 1. The van der Waals surface area contributed by atoms with Crippen molar-refractivity contribution in [3.05, 3.63) is 54.9 Å². The number of halogens is 2. The van der Waals surface area contributed by atoms with Gasteiger partial charge in [0, 0.05) is 30.6 Å². The molecule has 4 rings (SSSR count). The molecule has 178 valence electrons. The van der Waals surface area contributed by atoms with Crippen LogP contribution in [0.1, 0.15) is 53.9 Å². The standard InChI is InChI=1S/C24H29Cl2N3O4/c1-5-29-8-6-15(7-9-29)24(4)32-20-18(25)11-16(19(26)21(20)33-24)22(30)27-12-17-13(2)10-14(3)28-23(17)31/h10-11,15H,5-9,12H2,1-4H3,(H,27,30)(H,28,31). The zero-order valence-corrected chi connectivity index (χ0v) is 20.8. The van der Waals surface area contributed by atoms with Crippen molar-refractivity contribution in [1.29, 1.82) is 0 Å². The average molecular weight is 494 g/mol. The Morgan fingerprint density at radius 3 is 2.52 bits per heavy atom. The summed E-state index contributed by atoms with van der Waals surface area (Å²) in [4.78, 5) is 30.3. The third-order valence-corrected chi connectivity index (χ3v) is 7.34. The second-order valence-electron chi connectivity index (χ2n) is 8.93. The lowest BCUT2D eigenvalue weighted by Crippen LogP contribution is -2.48. The molecule has 1 saturated heterocycles. The van der Waals surface area contributed by atoms with Crippen LogP contribution in [0.15, 0.2) is 16.9 Å². The minimum absolute atomic E-state index is 0.0659. The highest BCUT2D eigenvalue weighted by Crippen LogP contribution is 2.52. The molecule has 1 atom stereocenters. The van der Waals surface area contributed by atoms with Crippen molar-refractivity contribution in [3.8, 4) is 11.5 Å². The van der Waals surface area contributed by atoms with Crippen molar-refractivity contribution in [3.63, 3.8) is 0 Å². The molecule has 2 aromatic rings. The molecule has 0 saturated carbocycles. The number of aryl methyl sites for hydroxylation is 2. The molecule has 0 spiro atoms. The van der Waals surface area contributed by atoms with Crippen LogP contribution >= 0.6 is 23.2 Å². The van der Waals surface area contributed by atoms with E-state index in [4.69, 9.17) is 32.7 Å². The first-order chi connectivity index (χ1) is 15.6. The van der Waals surface area contributed by atoms with Crippen LogP contribution in [-0.4, -0.2) is 41.2 Å². The molecule has 33 heavy (non-hydrogen) atoms. The van der Waals surface area contributed by atoms with E-state index in [1.165, 1.54) is 6.07 Å². The number of aromatic amines is 1. The van der Waals surface area contributed by atoms with E-state index in [0.717, 1.165) is 43.7 Å². The van der Waals surface area contributed by atoms with Gasteiger partial charge < -0.3 is 24.7 Å². The number of hydrogen-bond donors (Lipinski definition) is 2. The van der Waals surface area contributed by atoms with Crippen molar-refractivity contribution in [2.75, 3.05) is 19.6 Å². The van der Waals surface area contributed by atoms with E-state index in [1.807, 2.05) is 26.8 Å². The molecule has 9 heteroatoms. The first-order valence-corrected chi connectivity index (χ1v) is 12.0. The first-order valence-electron chi connectivity index (χ1n) is 11.2. The quantitative estimate of drug-likeness (QED) is 0.642. The summed E-state index contributed by atoms with van der Waals surface area (Å²) in [5, 5.41) is 3.18. The van der Waals surface area contributed by atoms with Crippen molar-refractivity contribution < 1.29 is 14.3 Å². The Labute approximate surface area is 203 Å². The third-order valence-electron chi connectivity index (χ3n) is 6.68. The zero-order chi connectivity index (χ0) is 23.9. The molecule has 1 amide bonds. The largest absolute Gasteiger partial charge is 0.447 e. The summed E-state index contributed by atoms with van der Waals surface area (Å²) in [5.74, 6) is -0.508. The summed E-state index contributed by atoms with van der Waals surface area (Å²) in [7, 11) is 0. The Morgan fingerprint density at radius 2 is 1.88 bits per heavy atom. The van der Waals surface area contributed by atoms with Crippen LogP contribution in [0.5, 0.6) is 11.5 Å². The normalized spacial score (nSPS) is 20.8. The Hall–Kier alpha value is -2.22.